The molecule has 0 atom stereocenters. The zero-order valence-electron chi connectivity index (χ0n) is 11.3. The Hall–Kier alpha value is -2.28. The van der Waals surface area contributed by atoms with E-state index in [2.05, 4.69) is 4.98 Å². The highest BCUT2D eigenvalue weighted by molar-refractivity contribution is 6.29. The molecule has 8 heteroatoms. The predicted molar refractivity (Wildman–Crippen MR) is 74.9 cm³/mol. The van der Waals surface area contributed by atoms with Crippen molar-refractivity contribution in [1.82, 2.24) is 9.55 Å². The number of hydrogen-bond acceptors (Lipinski definition) is 4. The van der Waals surface area contributed by atoms with E-state index in [9.17, 15) is 14.0 Å². The summed E-state index contributed by atoms with van der Waals surface area (Å²) in [6.45, 7) is -0.122. The largest absolute Gasteiger partial charge is 0.493 e. The van der Waals surface area contributed by atoms with Gasteiger partial charge in [0, 0.05) is 0 Å². The van der Waals surface area contributed by atoms with Gasteiger partial charge in [0.1, 0.15) is 0 Å². The molecule has 21 heavy (non-hydrogen) atoms. The van der Waals surface area contributed by atoms with Crippen LogP contribution in [-0.4, -0.2) is 23.8 Å². The number of H-pyrrole nitrogens is 1. The van der Waals surface area contributed by atoms with Crippen LogP contribution in [0.1, 0.15) is 5.56 Å². The topological polar surface area (TPSA) is 73.3 Å². The molecule has 0 aliphatic rings. The van der Waals surface area contributed by atoms with Gasteiger partial charge in [-0.2, -0.15) is 4.39 Å². The van der Waals surface area contributed by atoms with Gasteiger partial charge in [-0.15, -0.1) is 0 Å². The van der Waals surface area contributed by atoms with E-state index in [0.717, 1.165) is 0 Å². The van der Waals surface area contributed by atoms with E-state index in [-0.39, 0.29) is 6.54 Å². The zero-order chi connectivity index (χ0) is 15.6. The second-order valence-electron chi connectivity index (χ2n) is 4.14. The molecule has 6 nitrogen and oxygen atoms in total. The minimum Gasteiger partial charge on any atom is -0.493 e. The van der Waals surface area contributed by atoms with E-state index >= 15 is 0 Å². The monoisotopic (exact) mass is 314 g/mol. The molecular weight excluding hydrogens is 303 g/mol. The van der Waals surface area contributed by atoms with Crippen LogP contribution >= 0.6 is 11.6 Å². The van der Waals surface area contributed by atoms with Crippen LogP contribution in [-0.2, 0) is 6.54 Å². The van der Waals surface area contributed by atoms with Crippen molar-refractivity contribution in [3.63, 3.8) is 0 Å². The summed E-state index contributed by atoms with van der Waals surface area (Å²) in [4.78, 5) is 25.5. The minimum atomic E-state index is -1.20. The van der Waals surface area contributed by atoms with E-state index < -0.39 is 22.2 Å². The smallest absolute Gasteiger partial charge is 0.329 e. The van der Waals surface area contributed by atoms with Crippen molar-refractivity contribution in [3.8, 4) is 11.5 Å². The van der Waals surface area contributed by atoms with Gasteiger partial charge in [-0.1, -0.05) is 17.7 Å². The van der Waals surface area contributed by atoms with Gasteiger partial charge in [0.15, 0.2) is 16.7 Å². The third-order valence-corrected chi connectivity index (χ3v) is 3.14. The van der Waals surface area contributed by atoms with E-state index in [0.29, 0.717) is 21.6 Å². The van der Waals surface area contributed by atoms with Crippen molar-refractivity contribution < 1.29 is 13.9 Å². The highest BCUT2D eigenvalue weighted by atomic mass is 35.5. The fourth-order valence-electron chi connectivity index (χ4n) is 1.83. The summed E-state index contributed by atoms with van der Waals surface area (Å²) >= 11 is 5.40. The number of aromatic amines is 1. The summed E-state index contributed by atoms with van der Waals surface area (Å²) in [6, 6.07) is 4.86. The molecule has 112 valence electrons. The summed E-state index contributed by atoms with van der Waals surface area (Å²) in [5, 5.41) is -0.603. The van der Waals surface area contributed by atoms with E-state index in [4.69, 9.17) is 21.1 Å². The number of rotatable bonds is 4. The number of ether oxygens (including phenoxy) is 2. The zero-order valence-corrected chi connectivity index (χ0v) is 12.0. The fraction of sp³-hybridized carbons (Fsp3) is 0.231. The van der Waals surface area contributed by atoms with E-state index in [1.807, 2.05) is 0 Å². The SMILES string of the molecule is COc1ccc(Cn2c(=O)[nH]c(Cl)c(F)c2=O)cc1OC. The molecule has 1 aromatic heterocycles. The van der Waals surface area contributed by atoms with Crippen LogP contribution in [0.5, 0.6) is 11.5 Å². The van der Waals surface area contributed by atoms with Gasteiger partial charge in [-0.25, -0.2) is 4.79 Å². The quantitative estimate of drug-likeness (QED) is 0.866. The third-order valence-electron chi connectivity index (χ3n) is 2.88. The molecular formula is C13H12ClFN2O4. The molecule has 2 rings (SSSR count). The average molecular weight is 315 g/mol. The van der Waals surface area contributed by atoms with Gasteiger partial charge in [-0.05, 0) is 17.7 Å². The van der Waals surface area contributed by atoms with Crippen molar-refractivity contribution in [2.45, 2.75) is 6.54 Å². The van der Waals surface area contributed by atoms with Gasteiger partial charge in [0.2, 0.25) is 5.82 Å². The minimum absolute atomic E-state index is 0.122. The van der Waals surface area contributed by atoms with Crippen LogP contribution in [0.4, 0.5) is 4.39 Å². The first kappa shape index (κ1) is 15.1. The molecule has 0 aliphatic heterocycles. The summed E-state index contributed by atoms with van der Waals surface area (Å²) in [6.07, 6.45) is 0. The van der Waals surface area contributed by atoms with Crippen LogP contribution in [0.15, 0.2) is 27.8 Å². The molecule has 0 fully saturated rings. The van der Waals surface area contributed by atoms with Crippen LogP contribution in [0.3, 0.4) is 0 Å². The Bertz CT molecular complexity index is 785. The molecule has 1 heterocycles. The van der Waals surface area contributed by atoms with Gasteiger partial charge < -0.3 is 9.47 Å². The predicted octanol–water partition coefficient (Wildman–Crippen LogP) is 1.39. The van der Waals surface area contributed by atoms with Gasteiger partial charge in [0.25, 0.3) is 5.56 Å². The maximum Gasteiger partial charge on any atom is 0.329 e. The second kappa shape index (κ2) is 6.01. The van der Waals surface area contributed by atoms with Crippen LogP contribution in [0.25, 0.3) is 0 Å². The molecule has 0 bridgehead atoms. The van der Waals surface area contributed by atoms with Gasteiger partial charge >= 0.3 is 5.69 Å². The lowest BCUT2D eigenvalue weighted by Gasteiger charge is -2.10. The Labute approximate surface area is 123 Å². The van der Waals surface area contributed by atoms with Gasteiger partial charge in [-0.3, -0.25) is 14.3 Å². The van der Waals surface area contributed by atoms with Crippen molar-refractivity contribution in [2.24, 2.45) is 0 Å². The maximum atomic E-state index is 13.5. The number of methoxy groups -OCH3 is 2. The molecule has 0 spiro atoms. The number of nitrogens with one attached hydrogen (secondary N) is 1. The number of aromatic nitrogens is 2. The Balaban J connectivity index is 2.46. The molecule has 0 aliphatic carbocycles. The second-order valence-corrected chi connectivity index (χ2v) is 4.52. The van der Waals surface area contributed by atoms with Crippen molar-refractivity contribution in [1.29, 1.82) is 0 Å². The summed E-state index contributed by atoms with van der Waals surface area (Å²) in [5.41, 5.74) is -1.30. The Morgan fingerprint density at radius 3 is 2.52 bits per heavy atom. The number of halogens is 2. The van der Waals surface area contributed by atoms with Gasteiger partial charge in [0.05, 0.1) is 20.8 Å². The molecule has 0 radical (unpaired) electrons. The highest BCUT2D eigenvalue weighted by Crippen LogP contribution is 2.27. The number of nitrogens with zero attached hydrogens (tertiary/aromatic N) is 1. The van der Waals surface area contributed by atoms with Crippen LogP contribution in [0, 0.1) is 5.82 Å². The highest BCUT2D eigenvalue weighted by Gasteiger charge is 2.13. The molecule has 0 amide bonds. The number of hydrogen-bond donors (Lipinski definition) is 1. The molecule has 1 aromatic carbocycles. The summed E-state index contributed by atoms with van der Waals surface area (Å²) in [7, 11) is 2.95. The van der Waals surface area contributed by atoms with Crippen LogP contribution in [0.2, 0.25) is 5.15 Å². The first-order valence-corrected chi connectivity index (χ1v) is 6.24. The Morgan fingerprint density at radius 2 is 1.90 bits per heavy atom. The average Bonchev–Trinajstić information content (AvgIpc) is 2.49. The summed E-state index contributed by atoms with van der Waals surface area (Å²) in [5.74, 6) is -0.254. The lowest BCUT2D eigenvalue weighted by Crippen LogP contribution is -2.37. The van der Waals surface area contributed by atoms with Crippen LogP contribution < -0.4 is 20.7 Å². The Kier molecular flexibility index (Phi) is 4.32. The first-order chi connectivity index (χ1) is 9.97. The number of benzene rings is 1. The molecule has 2 aromatic rings. The lowest BCUT2D eigenvalue weighted by atomic mass is 10.2. The van der Waals surface area contributed by atoms with Crippen molar-refractivity contribution >= 4 is 11.6 Å². The van der Waals surface area contributed by atoms with Crippen molar-refractivity contribution in [2.75, 3.05) is 14.2 Å². The normalized spacial score (nSPS) is 10.5. The Morgan fingerprint density at radius 1 is 1.24 bits per heavy atom. The fourth-order valence-corrected chi connectivity index (χ4v) is 1.99. The first-order valence-electron chi connectivity index (χ1n) is 5.87. The molecule has 0 unspecified atom stereocenters. The third kappa shape index (κ3) is 2.92. The molecule has 0 saturated carbocycles. The lowest BCUT2D eigenvalue weighted by molar-refractivity contribution is 0.354. The standard InChI is InChI=1S/C13H12ClFN2O4/c1-20-8-4-3-7(5-9(8)21-2)6-17-12(18)10(15)11(14)16-13(17)19/h3-5H,6H2,1-2H3,(H,16,19). The van der Waals surface area contributed by atoms with Crippen molar-refractivity contribution in [3.05, 3.63) is 55.6 Å². The van der Waals surface area contributed by atoms with E-state index in [1.54, 1.807) is 18.2 Å². The van der Waals surface area contributed by atoms with E-state index in [1.165, 1.54) is 14.2 Å². The molecule has 1 N–H and O–H groups in total. The molecule has 0 saturated heterocycles. The maximum absolute atomic E-state index is 13.5. The summed E-state index contributed by atoms with van der Waals surface area (Å²) < 4.78 is 24.4.